The van der Waals surface area contributed by atoms with E-state index in [0.29, 0.717) is 30.1 Å². The Hall–Kier alpha value is -3.78. The highest BCUT2D eigenvalue weighted by molar-refractivity contribution is 7.99. The monoisotopic (exact) mass is 473 g/mol. The highest BCUT2D eigenvalue weighted by Gasteiger charge is 2.33. The lowest BCUT2D eigenvalue weighted by Crippen LogP contribution is -2.42. The van der Waals surface area contributed by atoms with Gasteiger partial charge < -0.3 is 13.9 Å². The number of benzene rings is 3. The Bertz CT molecular complexity index is 1260. The van der Waals surface area contributed by atoms with Crippen LogP contribution in [-0.4, -0.2) is 35.1 Å². The summed E-state index contributed by atoms with van der Waals surface area (Å²) < 4.78 is 17.2. The molecule has 7 nitrogen and oxygen atoms in total. The first-order valence-electron chi connectivity index (χ1n) is 11.0. The van der Waals surface area contributed by atoms with Crippen LogP contribution in [0.5, 0.6) is 11.5 Å². The minimum Gasteiger partial charge on any atom is -0.494 e. The predicted molar refractivity (Wildman–Crippen MR) is 130 cm³/mol. The molecule has 1 aromatic heterocycles. The normalized spacial score (nSPS) is 14.9. The van der Waals surface area contributed by atoms with Gasteiger partial charge in [-0.2, -0.15) is 0 Å². The van der Waals surface area contributed by atoms with Gasteiger partial charge in [0, 0.05) is 5.56 Å². The van der Waals surface area contributed by atoms with Crippen LogP contribution in [0.25, 0.3) is 11.5 Å². The molecule has 0 bridgehead atoms. The highest BCUT2D eigenvalue weighted by atomic mass is 32.2. The smallest absolute Gasteiger partial charge is 0.277 e. The third-order valence-electron chi connectivity index (χ3n) is 5.42. The van der Waals surface area contributed by atoms with Gasteiger partial charge in [0.1, 0.15) is 18.1 Å². The van der Waals surface area contributed by atoms with Crippen LogP contribution >= 0.6 is 11.8 Å². The van der Waals surface area contributed by atoms with Gasteiger partial charge in [0.25, 0.3) is 5.22 Å². The van der Waals surface area contributed by atoms with Crippen LogP contribution < -0.4 is 14.4 Å². The third kappa shape index (κ3) is 4.63. The van der Waals surface area contributed by atoms with Gasteiger partial charge >= 0.3 is 0 Å². The average molecular weight is 474 g/mol. The maximum absolute atomic E-state index is 13.4. The third-order valence-corrected chi connectivity index (χ3v) is 6.23. The molecule has 0 saturated heterocycles. The van der Waals surface area contributed by atoms with Gasteiger partial charge in [0.05, 0.1) is 24.1 Å². The molecular weight excluding hydrogens is 450 g/mol. The summed E-state index contributed by atoms with van der Waals surface area (Å²) in [6, 6.07) is 24.7. The summed E-state index contributed by atoms with van der Waals surface area (Å²) in [7, 11) is 0. The van der Waals surface area contributed by atoms with E-state index in [-0.39, 0.29) is 17.7 Å². The van der Waals surface area contributed by atoms with E-state index in [1.807, 2.05) is 90.7 Å². The molecule has 1 atom stereocenters. The molecule has 2 heterocycles. The number of fused-ring (bicyclic) bond motifs is 1. The summed E-state index contributed by atoms with van der Waals surface area (Å²) in [5.41, 5.74) is 2.57. The molecule has 1 aliphatic heterocycles. The zero-order valence-electron chi connectivity index (χ0n) is 18.6. The average Bonchev–Trinajstić information content (AvgIpc) is 3.37. The summed E-state index contributed by atoms with van der Waals surface area (Å²) in [4.78, 5) is 15.2. The van der Waals surface area contributed by atoms with Gasteiger partial charge in [-0.25, -0.2) is 0 Å². The fourth-order valence-corrected chi connectivity index (χ4v) is 4.48. The SMILES string of the molecule is CCOc1ccc(-c2nnc(SCC(=O)N3c4ccccc4OC[C@@H]3c3ccccc3)o2)cc1. The second kappa shape index (κ2) is 10.0. The van der Waals surface area contributed by atoms with Crippen LogP contribution in [0.4, 0.5) is 5.69 Å². The largest absolute Gasteiger partial charge is 0.494 e. The molecule has 0 N–H and O–H groups in total. The van der Waals surface area contributed by atoms with Crippen LogP contribution in [0.2, 0.25) is 0 Å². The standard InChI is InChI=1S/C26H23N3O4S/c1-2-31-20-14-12-19(13-15-20)25-27-28-26(33-25)34-17-24(30)29-21-10-6-7-11-23(21)32-16-22(29)18-8-4-3-5-9-18/h3-15,22H,2,16-17H2,1H3/t22-/m1/s1. The van der Waals surface area contributed by atoms with Crippen molar-refractivity contribution in [2.45, 2.75) is 18.2 Å². The Kier molecular flexibility index (Phi) is 6.49. The van der Waals surface area contributed by atoms with Crippen molar-refractivity contribution in [3.8, 4) is 23.0 Å². The number of nitrogens with zero attached hydrogens (tertiary/aromatic N) is 3. The Morgan fingerprint density at radius 2 is 1.79 bits per heavy atom. The number of hydrogen-bond donors (Lipinski definition) is 0. The number of anilines is 1. The van der Waals surface area contributed by atoms with E-state index in [9.17, 15) is 4.79 Å². The van der Waals surface area contributed by atoms with Gasteiger partial charge in [0.15, 0.2) is 0 Å². The van der Waals surface area contributed by atoms with Gasteiger partial charge in [-0.15, -0.1) is 10.2 Å². The van der Waals surface area contributed by atoms with Crippen LogP contribution in [0, 0.1) is 0 Å². The van der Waals surface area contributed by atoms with Crippen LogP contribution in [0.15, 0.2) is 88.5 Å². The lowest BCUT2D eigenvalue weighted by Gasteiger charge is -2.37. The second-order valence-electron chi connectivity index (χ2n) is 7.59. The van der Waals surface area contributed by atoms with Crippen LogP contribution in [0.3, 0.4) is 0 Å². The Morgan fingerprint density at radius 3 is 2.59 bits per heavy atom. The molecule has 172 valence electrons. The molecule has 8 heteroatoms. The second-order valence-corrected chi connectivity index (χ2v) is 8.51. The first kappa shape index (κ1) is 22.0. The number of para-hydroxylation sites is 2. The van der Waals surface area contributed by atoms with Crippen molar-refractivity contribution in [1.29, 1.82) is 0 Å². The van der Waals surface area contributed by atoms with E-state index in [1.54, 1.807) is 0 Å². The first-order valence-corrected chi connectivity index (χ1v) is 12.0. The van der Waals surface area contributed by atoms with E-state index in [1.165, 1.54) is 11.8 Å². The number of hydrogen-bond acceptors (Lipinski definition) is 7. The fraction of sp³-hybridized carbons (Fsp3) is 0.192. The Balaban J connectivity index is 1.32. The van der Waals surface area contributed by atoms with E-state index in [4.69, 9.17) is 13.9 Å². The zero-order chi connectivity index (χ0) is 23.3. The quantitative estimate of drug-likeness (QED) is 0.333. The van der Waals surface area contributed by atoms with E-state index >= 15 is 0 Å². The molecule has 0 unspecified atom stereocenters. The Morgan fingerprint density at radius 1 is 1.03 bits per heavy atom. The number of thioether (sulfide) groups is 1. The minimum absolute atomic E-state index is 0.0598. The summed E-state index contributed by atoms with van der Waals surface area (Å²) >= 11 is 1.22. The zero-order valence-corrected chi connectivity index (χ0v) is 19.4. The molecule has 34 heavy (non-hydrogen) atoms. The summed E-state index contributed by atoms with van der Waals surface area (Å²) in [5, 5.41) is 8.58. The maximum Gasteiger partial charge on any atom is 0.277 e. The van der Waals surface area contributed by atoms with E-state index in [2.05, 4.69) is 10.2 Å². The summed E-state index contributed by atoms with van der Waals surface area (Å²) in [6.45, 7) is 2.93. The Labute approximate surface area is 201 Å². The van der Waals surface area contributed by atoms with Crippen molar-refractivity contribution in [1.82, 2.24) is 10.2 Å². The van der Waals surface area contributed by atoms with Gasteiger partial charge in [-0.1, -0.05) is 54.2 Å². The van der Waals surface area contributed by atoms with Crippen LogP contribution in [-0.2, 0) is 4.79 Å². The van der Waals surface area contributed by atoms with Crippen molar-refractivity contribution >= 4 is 23.4 Å². The van der Waals surface area contributed by atoms with Gasteiger partial charge in [-0.05, 0) is 48.9 Å². The van der Waals surface area contributed by atoms with E-state index < -0.39 is 0 Å². The number of carbonyl (C=O) groups excluding carboxylic acids is 1. The van der Waals surface area contributed by atoms with Crippen molar-refractivity contribution < 1.29 is 18.7 Å². The molecule has 5 rings (SSSR count). The first-order chi connectivity index (χ1) is 16.7. The molecule has 1 amide bonds. The van der Waals surface area contributed by atoms with Gasteiger partial charge in [-0.3, -0.25) is 9.69 Å². The van der Waals surface area contributed by atoms with Crippen molar-refractivity contribution in [3.63, 3.8) is 0 Å². The summed E-state index contributed by atoms with van der Waals surface area (Å²) in [5.74, 6) is 1.98. The molecule has 0 fully saturated rings. The predicted octanol–water partition coefficient (Wildman–Crippen LogP) is 5.39. The molecule has 1 aliphatic rings. The molecule has 3 aromatic carbocycles. The highest BCUT2D eigenvalue weighted by Crippen LogP contribution is 2.40. The lowest BCUT2D eigenvalue weighted by molar-refractivity contribution is -0.117. The molecule has 0 spiro atoms. The molecule has 4 aromatic rings. The number of rotatable bonds is 7. The maximum atomic E-state index is 13.4. The lowest BCUT2D eigenvalue weighted by atomic mass is 10.0. The van der Waals surface area contributed by atoms with Crippen LogP contribution in [0.1, 0.15) is 18.5 Å². The minimum atomic E-state index is -0.216. The van der Waals surface area contributed by atoms with Crippen molar-refractivity contribution in [2.24, 2.45) is 0 Å². The van der Waals surface area contributed by atoms with Crippen molar-refractivity contribution in [3.05, 3.63) is 84.4 Å². The summed E-state index contributed by atoms with van der Waals surface area (Å²) in [6.07, 6.45) is 0. The van der Waals surface area contributed by atoms with Gasteiger partial charge in [0.2, 0.25) is 11.8 Å². The van der Waals surface area contributed by atoms with E-state index in [0.717, 1.165) is 22.6 Å². The molecule has 0 aliphatic carbocycles. The number of ether oxygens (including phenoxy) is 2. The fourth-order valence-electron chi connectivity index (χ4n) is 3.86. The number of amides is 1. The number of carbonyl (C=O) groups is 1. The van der Waals surface area contributed by atoms with Crippen molar-refractivity contribution in [2.75, 3.05) is 23.9 Å². The topological polar surface area (TPSA) is 77.7 Å². The number of aromatic nitrogens is 2. The molecule has 0 saturated carbocycles. The molecule has 0 radical (unpaired) electrons. The molecular formula is C26H23N3O4S.